The maximum absolute atomic E-state index is 10.4. The summed E-state index contributed by atoms with van der Waals surface area (Å²) >= 11 is 4.35. The van der Waals surface area contributed by atoms with Gasteiger partial charge in [-0.1, -0.05) is 0 Å². The molecule has 1 amide bonds. The van der Waals surface area contributed by atoms with E-state index in [1.165, 1.54) is 0 Å². The molecule has 1 heterocycles. The minimum absolute atomic E-state index is 0.0755. The first-order valence-corrected chi connectivity index (χ1v) is 5.39. The number of nitrogen functional groups attached to an aromatic ring is 1. The number of methoxy groups -OCH3 is 1. The Morgan fingerprint density at radius 2 is 2.22 bits per heavy atom. The summed E-state index contributed by atoms with van der Waals surface area (Å²) in [4.78, 5) is 14.2. The average Bonchev–Trinajstić information content (AvgIpc) is 2.30. The Labute approximate surface area is 110 Å². The van der Waals surface area contributed by atoms with Crippen LogP contribution in [0.2, 0.25) is 0 Å². The van der Waals surface area contributed by atoms with Crippen LogP contribution in [-0.4, -0.2) is 29.9 Å². The number of amides is 1. The molecule has 0 saturated heterocycles. The van der Waals surface area contributed by atoms with Gasteiger partial charge in [-0.15, -0.1) is 0 Å². The molecule has 18 heavy (non-hydrogen) atoms. The second-order valence-electron chi connectivity index (χ2n) is 2.83. The van der Waals surface area contributed by atoms with Crippen LogP contribution >= 0.6 is 12.2 Å². The third-order valence-electron chi connectivity index (χ3n) is 1.50. The number of hydrogen-bond donors (Lipinski definition) is 3. The SMILES string of the molecule is CCOC(=O)NC(N)=S.COc1ccc(N)nc1. The number of pyridine rings is 1. The standard InChI is InChI=1S/C6H8N2O.C4H8N2O2S/c1-9-5-2-3-6(7)8-4-5;1-2-8-4(7)6-3(5)9/h2-4H,1H3,(H2,7,8);2H2,1H3,(H3,5,6,7,9). The lowest BCUT2D eigenvalue weighted by Gasteiger charge is -2.00. The summed E-state index contributed by atoms with van der Waals surface area (Å²) in [5.74, 6) is 1.24. The van der Waals surface area contributed by atoms with Gasteiger partial charge in [-0.3, -0.25) is 5.32 Å². The second-order valence-corrected chi connectivity index (χ2v) is 3.27. The fourth-order valence-electron chi connectivity index (χ4n) is 0.780. The zero-order valence-electron chi connectivity index (χ0n) is 10.2. The van der Waals surface area contributed by atoms with E-state index in [9.17, 15) is 4.79 Å². The topological polar surface area (TPSA) is 112 Å². The van der Waals surface area contributed by atoms with Gasteiger partial charge in [-0.2, -0.15) is 0 Å². The van der Waals surface area contributed by atoms with E-state index in [1.54, 1.807) is 32.4 Å². The van der Waals surface area contributed by atoms with Gasteiger partial charge in [-0.25, -0.2) is 9.78 Å². The van der Waals surface area contributed by atoms with Crippen molar-refractivity contribution in [2.24, 2.45) is 5.73 Å². The Balaban J connectivity index is 0.000000321. The molecular formula is C10H16N4O3S. The van der Waals surface area contributed by atoms with Gasteiger partial charge in [0.25, 0.3) is 0 Å². The number of alkyl carbamates (subject to hydrolysis) is 1. The Hall–Kier alpha value is -2.09. The summed E-state index contributed by atoms with van der Waals surface area (Å²) in [6, 6.07) is 3.46. The number of hydrogen-bond acceptors (Lipinski definition) is 6. The van der Waals surface area contributed by atoms with E-state index < -0.39 is 6.09 Å². The molecule has 0 bridgehead atoms. The Morgan fingerprint density at radius 3 is 2.61 bits per heavy atom. The van der Waals surface area contributed by atoms with Gasteiger partial charge in [0.1, 0.15) is 11.6 Å². The molecule has 0 spiro atoms. The van der Waals surface area contributed by atoms with E-state index >= 15 is 0 Å². The number of carbonyl (C=O) groups is 1. The fourth-order valence-corrected chi connectivity index (χ4v) is 0.864. The number of carbonyl (C=O) groups excluding carboxylic acids is 1. The molecule has 100 valence electrons. The molecular weight excluding hydrogens is 256 g/mol. The zero-order chi connectivity index (χ0) is 14.0. The molecule has 0 aromatic carbocycles. The third kappa shape index (κ3) is 8.11. The van der Waals surface area contributed by atoms with Crippen LogP contribution < -0.4 is 21.5 Å². The maximum Gasteiger partial charge on any atom is 0.413 e. The van der Waals surface area contributed by atoms with Crippen molar-refractivity contribution in [3.63, 3.8) is 0 Å². The Kier molecular flexibility index (Phi) is 7.95. The molecule has 0 aliphatic carbocycles. The van der Waals surface area contributed by atoms with Crippen LogP contribution in [0, 0.1) is 0 Å². The zero-order valence-corrected chi connectivity index (χ0v) is 11.0. The number of nitrogens with zero attached hydrogens (tertiary/aromatic N) is 1. The molecule has 0 atom stereocenters. The van der Waals surface area contributed by atoms with Crippen molar-refractivity contribution < 1.29 is 14.3 Å². The molecule has 1 aromatic rings. The predicted octanol–water partition coefficient (Wildman–Crippen LogP) is 0.648. The summed E-state index contributed by atoms with van der Waals surface area (Å²) in [6.45, 7) is 2.01. The minimum Gasteiger partial charge on any atom is -0.495 e. The molecule has 0 aliphatic rings. The van der Waals surface area contributed by atoms with Crippen LogP contribution in [0.1, 0.15) is 6.92 Å². The van der Waals surface area contributed by atoms with Gasteiger partial charge in [-0.05, 0) is 31.3 Å². The lowest BCUT2D eigenvalue weighted by molar-refractivity contribution is 0.158. The minimum atomic E-state index is -0.606. The Morgan fingerprint density at radius 1 is 1.56 bits per heavy atom. The summed E-state index contributed by atoms with van der Waals surface area (Å²) in [5, 5.41) is 2.02. The highest BCUT2D eigenvalue weighted by Crippen LogP contribution is 2.07. The van der Waals surface area contributed by atoms with Crippen LogP contribution in [0.15, 0.2) is 18.3 Å². The van der Waals surface area contributed by atoms with Crippen molar-refractivity contribution in [1.29, 1.82) is 0 Å². The number of nitrogens with one attached hydrogen (secondary N) is 1. The molecule has 0 radical (unpaired) electrons. The van der Waals surface area contributed by atoms with E-state index in [-0.39, 0.29) is 5.11 Å². The van der Waals surface area contributed by atoms with Crippen molar-refractivity contribution in [1.82, 2.24) is 10.3 Å². The molecule has 7 nitrogen and oxygen atoms in total. The molecule has 1 rings (SSSR count). The van der Waals surface area contributed by atoms with Crippen LogP contribution in [0.3, 0.4) is 0 Å². The average molecular weight is 272 g/mol. The molecule has 0 aliphatic heterocycles. The van der Waals surface area contributed by atoms with Crippen LogP contribution in [-0.2, 0) is 4.74 Å². The number of aromatic nitrogens is 1. The summed E-state index contributed by atoms with van der Waals surface area (Å²) in [6.07, 6.45) is 0.972. The smallest absolute Gasteiger partial charge is 0.413 e. The molecule has 5 N–H and O–H groups in total. The van der Waals surface area contributed by atoms with Gasteiger partial charge in [0, 0.05) is 0 Å². The van der Waals surface area contributed by atoms with E-state index in [1.807, 2.05) is 0 Å². The number of thiocarbonyl (C=S) groups is 1. The normalized spacial score (nSPS) is 8.56. The number of ether oxygens (including phenoxy) is 2. The van der Waals surface area contributed by atoms with Gasteiger partial charge >= 0.3 is 6.09 Å². The maximum atomic E-state index is 10.4. The van der Waals surface area contributed by atoms with Crippen molar-refractivity contribution in [3.05, 3.63) is 18.3 Å². The molecule has 8 heteroatoms. The third-order valence-corrected chi connectivity index (χ3v) is 1.60. The summed E-state index contributed by atoms with van der Waals surface area (Å²) in [5.41, 5.74) is 10.3. The molecule has 1 aromatic heterocycles. The summed E-state index contributed by atoms with van der Waals surface area (Å²) in [7, 11) is 1.59. The van der Waals surface area contributed by atoms with Gasteiger partial charge in [0.05, 0.1) is 19.9 Å². The highest BCUT2D eigenvalue weighted by Gasteiger charge is 1.98. The Bertz CT molecular complexity index is 383. The van der Waals surface area contributed by atoms with E-state index in [0.29, 0.717) is 12.4 Å². The van der Waals surface area contributed by atoms with Gasteiger partial charge < -0.3 is 20.9 Å². The molecule has 0 fully saturated rings. The number of anilines is 1. The van der Waals surface area contributed by atoms with Crippen LogP contribution in [0.5, 0.6) is 5.75 Å². The van der Waals surface area contributed by atoms with Gasteiger partial charge in [0.2, 0.25) is 0 Å². The largest absolute Gasteiger partial charge is 0.495 e. The van der Waals surface area contributed by atoms with Crippen molar-refractivity contribution in [3.8, 4) is 5.75 Å². The van der Waals surface area contributed by atoms with Crippen LogP contribution in [0.4, 0.5) is 10.6 Å². The number of nitrogens with two attached hydrogens (primary N) is 2. The molecule has 0 unspecified atom stereocenters. The fraction of sp³-hybridized carbons (Fsp3) is 0.300. The predicted molar refractivity (Wildman–Crippen MR) is 72.1 cm³/mol. The van der Waals surface area contributed by atoms with Gasteiger partial charge in [0.15, 0.2) is 5.11 Å². The second kappa shape index (κ2) is 8.99. The monoisotopic (exact) mass is 272 g/mol. The lowest BCUT2D eigenvalue weighted by Crippen LogP contribution is -2.35. The quantitative estimate of drug-likeness (QED) is 0.677. The highest BCUT2D eigenvalue weighted by atomic mass is 32.1. The van der Waals surface area contributed by atoms with Crippen molar-refractivity contribution in [2.75, 3.05) is 19.5 Å². The highest BCUT2D eigenvalue weighted by molar-refractivity contribution is 7.80. The lowest BCUT2D eigenvalue weighted by atomic mass is 10.4. The van der Waals surface area contributed by atoms with E-state index in [2.05, 4.69) is 27.3 Å². The first-order valence-electron chi connectivity index (χ1n) is 4.98. The van der Waals surface area contributed by atoms with Crippen LogP contribution in [0.25, 0.3) is 0 Å². The first-order chi connectivity index (χ1) is 8.49. The summed E-state index contributed by atoms with van der Waals surface area (Å²) < 4.78 is 9.29. The first kappa shape index (κ1) is 15.9. The number of rotatable bonds is 2. The molecule has 0 saturated carbocycles. The van der Waals surface area contributed by atoms with E-state index in [4.69, 9.17) is 16.2 Å². The van der Waals surface area contributed by atoms with E-state index in [0.717, 1.165) is 5.75 Å². The van der Waals surface area contributed by atoms with Crippen molar-refractivity contribution in [2.45, 2.75) is 6.92 Å². The van der Waals surface area contributed by atoms with Crippen molar-refractivity contribution >= 4 is 29.2 Å².